The Morgan fingerprint density at radius 1 is 1.46 bits per heavy atom. The molecule has 4 heteroatoms. The van der Waals surface area contributed by atoms with Crippen molar-refractivity contribution in [1.82, 2.24) is 10.6 Å². The molecule has 0 bridgehead atoms. The highest BCUT2D eigenvalue weighted by Gasteiger charge is 2.09. The van der Waals surface area contributed by atoms with Crippen LogP contribution in [0.2, 0.25) is 0 Å². The molecule has 0 saturated carbocycles. The van der Waals surface area contributed by atoms with Crippen LogP contribution in [0.25, 0.3) is 0 Å². The van der Waals surface area contributed by atoms with Crippen LogP contribution >= 0.6 is 0 Å². The highest BCUT2D eigenvalue weighted by molar-refractivity contribution is 5.81. The summed E-state index contributed by atoms with van der Waals surface area (Å²) in [7, 11) is 0. The van der Waals surface area contributed by atoms with Crippen molar-refractivity contribution < 1.29 is 9.18 Å². The third-order valence-corrected chi connectivity index (χ3v) is 1.70. The summed E-state index contributed by atoms with van der Waals surface area (Å²) >= 11 is 0. The van der Waals surface area contributed by atoms with E-state index in [0.717, 1.165) is 6.42 Å². The highest BCUT2D eigenvalue weighted by atomic mass is 19.1. The number of carbonyl (C=O) groups is 1. The fraction of sp³-hybridized carbons (Fsp3) is 0.889. The molecule has 0 rings (SSSR count). The Morgan fingerprint density at radius 3 is 2.69 bits per heavy atom. The molecule has 1 amide bonds. The topological polar surface area (TPSA) is 41.1 Å². The SMILES string of the molecule is CCCNC(=O)C(C)NCCCF. The first-order chi connectivity index (χ1) is 6.22. The first-order valence-electron chi connectivity index (χ1n) is 4.79. The first-order valence-corrected chi connectivity index (χ1v) is 4.79. The van der Waals surface area contributed by atoms with Crippen molar-refractivity contribution in [2.24, 2.45) is 0 Å². The van der Waals surface area contributed by atoms with E-state index >= 15 is 0 Å². The van der Waals surface area contributed by atoms with Crippen molar-refractivity contribution in [2.75, 3.05) is 19.8 Å². The van der Waals surface area contributed by atoms with Crippen LogP contribution in [0.3, 0.4) is 0 Å². The molecular weight excluding hydrogens is 171 g/mol. The molecule has 0 radical (unpaired) electrons. The molecule has 2 N–H and O–H groups in total. The second-order valence-corrected chi connectivity index (χ2v) is 3.01. The molecule has 0 saturated heterocycles. The molecule has 0 aliphatic carbocycles. The normalized spacial score (nSPS) is 12.5. The molecule has 0 aromatic heterocycles. The average molecular weight is 190 g/mol. The van der Waals surface area contributed by atoms with E-state index in [1.807, 2.05) is 6.92 Å². The van der Waals surface area contributed by atoms with E-state index in [1.54, 1.807) is 6.92 Å². The highest BCUT2D eigenvalue weighted by Crippen LogP contribution is 1.84. The van der Waals surface area contributed by atoms with Gasteiger partial charge in [-0.1, -0.05) is 6.92 Å². The molecule has 1 atom stereocenters. The van der Waals surface area contributed by atoms with E-state index < -0.39 is 0 Å². The Morgan fingerprint density at radius 2 is 2.15 bits per heavy atom. The quantitative estimate of drug-likeness (QED) is 0.584. The Kier molecular flexibility index (Phi) is 7.59. The maximum absolute atomic E-state index is 11.7. The van der Waals surface area contributed by atoms with E-state index in [0.29, 0.717) is 19.5 Å². The summed E-state index contributed by atoms with van der Waals surface area (Å²) in [5, 5.41) is 5.70. The number of amides is 1. The van der Waals surface area contributed by atoms with Gasteiger partial charge in [0.25, 0.3) is 0 Å². The van der Waals surface area contributed by atoms with Crippen molar-refractivity contribution in [3.8, 4) is 0 Å². The summed E-state index contributed by atoms with van der Waals surface area (Å²) in [6, 6.07) is -0.224. The molecule has 0 aromatic carbocycles. The standard InChI is InChI=1S/C9H19FN2O/c1-3-6-12-9(13)8(2)11-7-4-5-10/h8,11H,3-7H2,1-2H3,(H,12,13). The van der Waals surface area contributed by atoms with Crippen LogP contribution < -0.4 is 10.6 Å². The lowest BCUT2D eigenvalue weighted by atomic mass is 10.3. The predicted octanol–water partition coefficient (Wildman–Crippen LogP) is 0.850. The fourth-order valence-corrected chi connectivity index (χ4v) is 0.879. The summed E-state index contributed by atoms with van der Waals surface area (Å²) in [6.45, 7) is 4.70. The summed E-state index contributed by atoms with van der Waals surface area (Å²) in [6.07, 6.45) is 1.40. The van der Waals surface area contributed by atoms with Crippen LogP contribution in [0.4, 0.5) is 4.39 Å². The summed E-state index contributed by atoms with van der Waals surface area (Å²) in [5.41, 5.74) is 0. The first kappa shape index (κ1) is 12.4. The van der Waals surface area contributed by atoms with Gasteiger partial charge in [0, 0.05) is 6.54 Å². The minimum atomic E-state index is -0.337. The van der Waals surface area contributed by atoms with Gasteiger partial charge in [0.15, 0.2) is 0 Å². The van der Waals surface area contributed by atoms with Gasteiger partial charge in [0.1, 0.15) is 0 Å². The van der Waals surface area contributed by atoms with Crippen LogP contribution in [0, 0.1) is 0 Å². The molecule has 0 aliphatic heterocycles. The van der Waals surface area contributed by atoms with Crippen LogP contribution in [0.5, 0.6) is 0 Å². The van der Waals surface area contributed by atoms with Gasteiger partial charge in [-0.2, -0.15) is 0 Å². The van der Waals surface area contributed by atoms with Crippen molar-refractivity contribution in [3.05, 3.63) is 0 Å². The third kappa shape index (κ3) is 6.51. The minimum Gasteiger partial charge on any atom is -0.355 e. The van der Waals surface area contributed by atoms with Gasteiger partial charge in [-0.3, -0.25) is 9.18 Å². The molecule has 0 aliphatic rings. The number of hydrogen-bond acceptors (Lipinski definition) is 2. The Balaban J connectivity index is 3.45. The van der Waals surface area contributed by atoms with Crippen LogP contribution in [-0.4, -0.2) is 31.7 Å². The molecule has 1 unspecified atom stereocenters. The summed E-state index contributed by atoms with van der Waals surface area (Å²) in [5.74, 6) is -0.0132. The lowest BCUT2D eigenvalue weighted by molar-refractivity contribution is -0.122. The van der Waals surface area contributed by atoms with Crippen molar-refractivity contribution in [2.45, 2.75) is 32.7 Å². The number of nitrogens with one attached hydrogen (secondary N) is 2. The van der Waals surface area contributed by atoms with Crippen molar-refractivity contribution in [1.29, 1.82) is 0 Å². The summed E-state index contributed by atoms with van der Waals surface area (Å²) < 4.78 is 11.7. The number of halogens is 1. The summed E-state index contributed by atoms with van der Waals surface area (Å²) in [4.78, 5) is 11.2. The van der Waals surface area contributed by atoms with Crippen molar-refractivity contribution >= 4 is 5.91 Å². The molecule has 0 heterocycles. The fourth-order valence-electron chi connectivity index (χ4n) is 0.879. The minimum absolute atomic E-state index is 0.0132. The molecule has 3 nitrogen and oxygen atoms in total. The van der Waals surface area contributed by atoms with Gasteiger partial charge < -0.3 is 10.6 Å². The monoisotopic (exact) mass is 190 g/mol. The number of alkyl halides is 1. The third-order valence-electron chi connectivity index (χ3n) is 1.70. The van der Waals surface area contributed by atoms with Crippen LogP contribution in [-0.2, 0) is 4.79 Å². The van der Waals surface area contributed by atoms with Crippen LogP contribution in [0.1, 0.15) is 26.7 Å². The Hall–Kier alpha value is -0.640. The van der Waals surface area contributed by atoms with Crippen LogP contribution in [0.15, 0.2) is 0 Å². The van der Waals surface area contributed by atoms with Gasteiger partial charge in [0.05, 0.1) is 12.7 Å². The molecule has 0 fully saturated rings. The maximum Gasteiger partial charge on any atom is 0.236 e. The maximum atomic E-state index is 11.7. The molecular formula is C9H19FN2O. The number of carbonyl (C=O) groups excluding carboxylic acids is 1. The molecule has 78 valence electrons. The van der Waals surface area contributed by atoms with E-state index in [9.17, 15) is 9.18 Å². The van der Waals surface area contributed by atoms with Gasteiger partial charge in [-0.05, 0) is 26.3 Å². The van der Waals surface area contributed by atoms with Gasteiger partial charge in [-0.15, -0.1) is 0 Å². The molecule has 0 aromatic rings. The average Bonchev–Trinajstić information content (AvgIpc) is 2.14. The largest absolute Gasteiger partial charge is 0.355 e. The van der Waals surface area contributed by atoms with E-state index in [-0.39, 0.29) is 18.6 Å². The van der Waals surface area contributed by atoms with E-state index in [2.05, 4.69) is 10.6 Å². The smallest absolute Gasteiger partial charge is 0.236 e. The molecule has 13 heavy (non-hydrogen) atoms. The van der Waals surface area contributed by atoms with Gasteiger partial charge in [0.2, 0.25) is 5.91 Å². The zero-order valence-corrected chi connectivity index (χ0v) is 8.40. The Labute approximate surface area is 79.1 Å². The lowest BCUT2D eigenvalue weighted by Crippen LogP contribution is -2.42. The van der Waals surface area contributed by atoms with E-state index in [1.165, 1.54) is 0 Å². The van der Waals surface area contributed by atoms with Gasteiger partial charge in [-0.25, -0.2) is 0 Å². The number of hydrogen-bond donors (Lipinski definition) is 2. The lowest BCUT2D eigenvalue weighted by Gasteiger charge is -2.12. The number of rotatable bonds is 7. The Bertz CT molecular complexity index is 142. The molecule has 0 spiro atoms. The second kappa shape index (κ2) is 7.98. The second-order valence-electron chi connectivity index (χ2n) is 3.01. The zero-order valence-electron chi connectivity index (χ0n) is 8.40. The van der Waals surface area contributed by atoms with Crippen molar-refractivity contribution in [3.63, 3.8) is 0 Å². The predicted molar refractivity (Wildman–Crippen MR) is 51.4 cm³/mol. The van der Waals surface area contributed by atoms with Gasteiger partial charge >= 0.3 is 0 Å². The zero-order chi connectivity index (χ0) is 10.1. The van der Waals surface area contributed by atoms with E-state index in [4.69, 9.17) is 0 Å².